The predicted octanol–water partition coefficient (Wildman–Crippen LogP) is 3.10. The van der Waals surface area contributed by atoms with Gasteiger partial charge in [-0.15, -0.1) is 10.2 Å². The molecule has 1 amide bonds. The summed E-state index contributed by atoms with van der Waals surface area (Å²) < 4.78 is 0. The van der Waals surface area contributed by atoms with Crippen LogP contribution in [0.5, 0.6) is 0 Å². The van der Waals surface area contributed by atoms with Crippen molar-refractivity contribution in [2.75, 3.05) is 17.2 Å². The third-order valence-corrected chi connectivity index (χ3v) is 3.33. The van der Waals surface area contributed by atoms with Gasteiger partial charge in [0.1, 0.15) is 5.82 Å². The van der Waals surface area contributed by atoms with E-state index in [1.165, 1.54) is 0 Å². The van der Waals surface area contributed by atoms with Crippen LogP contribution in [0.15, 0.2) is 48.7 Å². The third kappa shape index (κ3) is 3.42. The third-order valence-electron chi connectivity index (χ3n) is 3.33. The Morgan fingerprint density at radius 2 is 1.96 bits per heavy atom. The molecule has 0 spiro atoms. The molecule has 3 aromatic rings. The maximum atomic E-state index is 12.3. The summed E-state index contributed by atoms with van der Waals surface area (Å²) >= 11 is 0. The van der Waals surface area contributed by atoms with Gasteiger partial charge in [-0.3, -0.25) is 9.78 Å². The number of anilines is 2. The Morgan fingerprint density at radius 1 is 1.09 bits per heavy atom. The summed E-state index contributed by atoms with van der Waals surface area (Å²) in [7, 11) is 0. The van der Waals surface area contributed by atoms with Crippen LogP contribution in [0.25, 0.3) is 10.9 Å². The molecular weight excluding hydrogens is 290 g/mol. The van der Waals surface area contributed by atoms with E-state index in [0.717, 1.165) is 23.9 Å². The lowest BCUT2D eigenvalue weighted by atomic mass is 10.2. The van der Waals surface area contributed by atoms with Gasteiger partial charge in [-0.2, -0.15) is 0 Å². The van der Waals surface area contributed by atoms with E-state index in [0.29, 0.717) is 11.5 Å². The molecular formula is C17H17N5O. The molecule has 0 unspecified atom stereocenters. The molecule has 23 heavy (non-hydrogen) atoms. The monoisotopic (exact) mass is 307 g/mol. The number of amides is 1. The summed E-state index contributed by atoms with van der Waals surface area (Å²) in [5.74, 6) is 0.355. The van der Waals surface area contributed by atoms with Crippen molar-refractivity contribution in [2.45, 2.75) is 13.3 Å². The zero-order valence-electron chi connectivity index (χ0n) is 12.8. The van der Waals surface area contributed by atoms with E-state index < -0.39 is 0 Å². The summed E-state index contributed by atoms with van der Waals surface area (Å²) in [6.45, 7) is 2.89. The number of nitrogens with zero attached hydrogens (tertiary/aromatic N) is 3. The summed E-state index contributed by atoms with van der Waals surface area (Å²) in [5, 5.41) is 14.9. The minimum absolute atomic E-state index is 0.264. The summed E-state index contributed by atoms with van der Waals surface area (Å²) in [4.78, 5) is 16.6. The molecule has 1 aromatic carbocycles. The zero-order chi connectivity index (χ0) is 16.1. The van der Waals surface area contributed by atoms with Crippen molar-refractivity contribution in [2.24, 2.45) is 0 Å². The van der Waals surface area contributed by atoms with Gasteiger partial charge in [0.2, 0.25) is 0 Å². The van der Waals surface area contributed by atoms with Crippen LogP contribution < -0.4 is 10.6 Å². The number of fused-ring (bicyclic) bond motifs is 1. The van der Waals surface area contributed by atoms with Crippen LogP contribution in [0.3, 0.4) is 0 Å². The first kappa shape index (κ1) is 14.9. The van der Waals surface area contributed by atoms with E-state index in [1.54, 1.807) is 18.3 Å². The number of pyridine rings is 1. The fourth-order valence-electron chi connectivity index (χ4n) is 2.19. The number of carbonyl (C=O) groups excluding carboxylic acids is 1. The Morgan fingerprint density at radius 3 is 2.74 bits per heavy atom. The highest BCUT2D eigenvalue weighted by Gasteiger charge is 2.11. The molecule has 0 saturated carbocycles. The van der Waals surface area contributed by atoms with Gasteiger partial charge in [-0.1, -0.05) is 25.1 Å². The van der Waals surface area contributed by atoms with Crippen LogP contribution in [0.2, 0.25) is 0 Å². The topological polar surface area (TPSA) is 79.8 Å². The normalized spacial score (nSPS) is 10.5. The molecule has 2 heterocycles. The van der Waals surface area contributed by atoms with Gasteiger partial charge < -0.3 is 10.6 Å². The molecule has 0 aliphatic rings. The van der Waals surface area contributed by atoms with Gasteiger partial charge in [0.05, 0.1) is 11.2 Å². The van der Waals surface area contributed by atoms with Crippen LogP contribution in [0.4, 0.5) is 11.5 Å². The van der Waals surface area contributed by atoms with E-state index in [9.17, 15) is 4.79 Å². The van der Waals surface area contributed by atoms with Gasteiger partial charge in [0.25, 0.3) is 5.91 Å². The van der Waals surface area contributed by atoms with E-state index in [2.05, 4.69) is 32.7 Å². The van der Waals surface area contributed by atoms with Crippen molar-refractivity contribution in [3.05, 3.63) is 54.4 Å². The van der Waals surface area contributed by atoms with Crippen molar-refractivity contribution >= 4 is 28.3 Å². The molecule has 2 N–H and O–H groups in total. The fourth-order valence-corrected chi connectivity index (χ4v) is 2.19. The molecule has 6 heteroatoms. The Balaban J connectivity index is 1.78. The van der Waals surface area contributed by atoms with Crippen LogP contribution in [0.1, 0.15) is 23.8 Å². The molecule has 0 bridgehead atoms. The number of nitrogens with one attached hydrogen (secondary N) is 2. The number of rotatable bonds is 5. The number of aromatic nitrogens is 3. The van der Waals surface area contributed by atoms with Gasteiger partial charge in [-0.25, -0.2) is 0 Å². The van der Waals surface area contributed by atoms with Crippen LogP contribution in [-0.2, 0) is 0 Å². The lowest BCUT2D eigenvalue weighted by molar-refractivity contribution is 0.102. The Kier molecular flexibility index (Phi) is 4.42. The molecule has 3 rings (SSSR count). The largest absolute Gasteiger partial charge is 0.369 e. The van der Waals surface area contributed by atoms with Gasteiger partial charge in [0, 0.05) is 18.1 Å². The van der Waals surface area contributed by atoms with E-state index in [-0.39, 0.29) is 11.6 Å². The predicted molar refractivity (Wildman–Crippen MR) is 90.5 cm³/mol. The quantitative estimate of drug-likeness (QED) is 0.757. The maximum absolute atomic E-state index is 12.3. The maximum Gasteiger partial charge on any atom is 0.276 e. The molecule has 0 aliphatic carbocycles. The average Bonchev–Trinajstić information content (AvgIpc) is 2.60. The first-order valence-corrected chi connectivity index (χ1v) is 7.50. The molecule has 0 atom stereocenters. The van der Waals surface area contributed by atoms with E-state index in [4.69, 9.17) is 0 Å². The molecule has 2 aromatic heterocycles. The Bertz CT molecular complexity index is 811. The van der Waals surface area contributed by atoms with E-state index in [1.807, 2.05) is 30.3 Å². The molecule has 6 nitrogen and oxygen atoms in total. The summed E-state index contributed by atoms with van der Waals surface area (Å²) in [6, 6.07) is 12.9. The Labute approximate surface area is 134 Å². The summed E-state index contributed by atoms with van der Waals surface area (Å²) in [5.41, 5.74) is 1.67. The molecule has 116 valence electrons. The molecule has 0 radical (unpaired) electrons. The highest BCUT2D eigenvalue weighted by Crippen LogP contribution is 2.21. The zero-order valence-corrected chi connectivity index (χ0v) is 12.8. The van der Waals surface area contributed by atoms with Gasteiger partial charge in [0.15, 0.2) is 5.69 Å². The van der Waals surface area contributed by atoms with Crippen LogP contribution in [0, 0.1) is 0 Å². The van der Waals surface area contributed by atoms with E-state index >= 15 is 0 Å². The van der Waals surface area contributed by atoms with Gasteiger partial charge >= 0.3 is 0 Å². The highest BCUT2D eigenvalue weighted by atomic mass is 16.1. The minimum atomic E-state index is -0.308. The first-order chi connectivity index (χ1) is 11.3. The van der Waals surface area contributed by atoms with Gasteiger partial charge in [-0.05, 0) is 30.7 Å². The number of carbonyl (C=O) groups is 1. The van der Waals surface area contributed by atoms with Crippen molar-refractivity contribution in [3.8, 4) is 0 Å². The fraction of sp³-hybridized carbons (Fsp3) is 0.176. The minimum Gasteiger partial charge on any atom is -0.369 e. The van der Waals surface area contributed by atoms with Crippen molar-refractivity contribution in [1.29, 1.82) is 0 Å². The molecule has 0 saturated heterocycles. The van der Waals surface area contributed by atoms with Crippen molar-refractivity contribution in [3.63, 3.8) is 0 Å². The van der Waals surface area contributed by atoms with Crippen molar-refractivity contribution < 1.29 is 4.79 Å². The number of hydrogen-bond donors (Lipinski definition) is 2. The number of para-hydroxylation sites is 1. The van der Waals surface area contributed by atoms with Crippen LogP contribution in [-0.4, -0.2) is 27.6 Å². The Hall–Kier alpha value is -3.02. The average molecular weight is 307 g/mol. The second-order valence-electron chi connectivity index (χ2n) is 5.07. The first-order valence-electron chi connectivity index (χ1n) is 7.50. The SMILES string of the molecule is CCCNc1ccc(C(=O)Nc2cccc3cccnc23)nn1. The number of hydrogen-bond acceptors (Lipinski definition) is 5. The number of benzene rings is 1. The summed E-state index contributed by atoms with van der Waals surface area (Å²) in [6.07, 6.45) is 2.70. The molecule has 0 aliphatic heterocycles. The lowest BCUT2D eigenvalue weighted by Crippen LogP contribution is -2.15. The second-order valence-corrected chi connectivity index (χ2v) is 5.07. The molecule has 0 fully saturated rings. The second kappa shape index (κ2) is 6.83. The smallest absolute Gasteiger partial charge is 0.276 e. The van der Waals surface area contributed by atoms with Crippen molar-refractivity contribution in [1.82, 2.24) is 15.2 Å². The lowest BCUT2D eigenvalue weighted by Gasteiger charge is -2.08. The standard InChI is InChI=1S/C17H17N5O/c1-2-10-18-15-9-8-14(21-22-15)17(23)20-13-7-3-5-12-6-4-11-19-16(12)13/h3-9,11H,2,10H2,1H3,(H,18,22)(H,20,23). The highest BCUT2D eigenvalue weighted by molar-refractivity contribution is 6.07. The van der Waals surface area contributed by atoms with Crippen LogP contribution >= 0.6 is 0 Å².